The van der Waals surface area contributed by atoms with Gasteiger partial charge >= 0.3 is 0 Å². The van der Waals surface area contributed by atoms with Crippen molar-refractivity contribution in [3.63, 3.8) is 0 Å². The van der Waals surface area contributed by atoms with Crippen LogP contribution in [0.2, 0.25) is 0 Å². The molecule has 0 bridgehead atoms. The SMILES string of the molecule is O=S(=O)(Nc1ccc(OCc2cccc(F)c2)cc1)C1CCCC1. The summed E-state index contributed by atoms with van der Waals surface area (Å²) in [7, 11) is -3.32. The molecule has 1 fully saturated rings. The third-order valence-electron chi connectivity index (χ3n) is 4.15. The van der Waals surface area contributed by atoms with Crippen molar-refractivity contribution in [1.82, 2.24) is 0 Å². The van der Waals surface area contributed by atoms with Crippen molar-refractivity contribution in [2.75, 3.05) is 4.72 Å². The van der Waals surface area contributed by atoms with E-state index in [4.69, 9.17) is 4.74 Å². The van der Waals surface area contributed by atoms with Crippen LogP contribution in [0.3, 0.4) is 0 Å². The van der Waals surface area contributed by atoms with Crippen LogP contribution >= 0.6 is 0 Å². The van der Waals surface area contributed by atoms with Crippen molar-refractivity contribution in [3.05, 3.63) is 59.9 Å². The number of benzene rings is 2. The molecule has 3 rings (SSSR count). The van der Waals surface area contributed by atoms with Gasteiger partial charge in [0.25, 0.3) is 0 Å². The fraction of sp³-hybridized carbons (Fsp3) is 0.333. The minimum atomic E-state index is -3.32. The number of halogens is 1. The van der Waals surface area contributed by atoms with E-state index >= 15 is 0 Å². The highest BCUT2D eigenvalue weighted by Gasteiger charge is 2.28. The molecule has 0 atom stereocenters. The zero-order valence-electron chi connectivity index (χ0n) is 13.2. The predicted octanol–water partition coefficient (Wildman–Crippen LogP) is 4.09. The van der Waals surface area contributed by atoms with E-state index in [1.54, 1.807) is 36.4 Å². The van der Waals surface area contributed by atoms with E-state index in [2.05, 4.69) is 4.72 Å². The van der Waals surface area contributed by atoms with Crippen LogP contribution in [-0.4, -0.2) is 13.7 Å². The van der Waals surface area contributed by atoms with Crippen LogP contribution in [0.1, 0.15) is 31.2 Å². The molecule has 0 amide bonds. The Morgan fingerprint density at radius 3 is 2.46 bits per heavy atom. The van der Waals surface area contributed by atoms with Gasteiger partial charge in [0.05, 0.1) is 5.25 Å². The predicted molar refractivity (Wildman–Crippen MR) is 92.0 cm³/mol. The minimum absolute atomic E-state index is 0.255. The first-order valence-corrected chi connectivity index (χ1v) is 9.56. The van der Waals surface area contributed by atoms with Crippen molar-refractivity contribution in [2.24, 2.45) is 0 Å². The molecule has 24 heavy (non-hydrogen) atoms. The Balaban J connectivity index is 1.59. The zero-order chi connectivity index (χ0) is 17.0. The van der Waals surface area contributed by atoms with E-state index in [0.29, 0.717) is 11.4 Å². The Morgan fingerprint density at radius 2 is 1.79 bits per heavy atom. The summed E-state index contributed by atoms with van der Waals surface area (Å²) >= 11 is 0. The normalized spacial score (nSPS) is 15.4. The topological polar surface area (TPSA) is 55.4 Å². The molecule has 0 heterocycles. The van der Waals surface area contributed by atoms with Crippen LogP contribution in [0.15, 0.2) is 48.5 Å². The van der Waals surface area contributed by atoms with Crippen molar-refractivity contribution < 1.29 is 17.5 Å². The summed E-state index contributed by atoms with van der Waals surface area (Å²) in [5.74, 6) is 0.302. The lowest BCUT2D eigenvalue weighted by Gasteiger charge is -2.14. The first-order valence-electron chi connectivity index (χ1n) is 8.02. The first-order chi connectivity index (χ1) is 11.5. The van der Waals surface area contributed by atoms with Crippen LogP contribution < -0.4 is 9.46 Å². The Kier molecular flexibility index (Phi) is 5.04. The highest BCUT2D eigenvalue weighted by atomic mass is 32.2. The number of nitrogens with one attached hydrogen (secondary N) is 1. The Labute approximate surface area is 141 Å². The molecule has 0 aromatic heterocycles. The number of rotatable bonds is 6. The van der Waals surface area contributed by atoms with Crippen LogP contribution in [-0.2, 0) is 16.6 Å². The maximum absolute atomic E-state index is 13.1. The van der Waals surface area contributed by atoms with E-state index in [0.717, 1.165) is 31.2 Å². The van der Waals surface area contributed by atoms with Gasteiger partial charge in [0.1, 0.15) is 18.2 Å². The van der Waals surface area contributed by atoms with E-state index in [-0.39, 0.29) is 17.7 Å². The first kappa shape index (κ1) is 16.8. The monoisotopic (exact) mass is 349 g/mol. The molecule has 1 saturated carbocycles. The molecule has 1 aliphatic rings. The van der Waals surface area contributed by atoms with Gasteiger partial charge in [-0.1, -0.05) is 25.0 Å². The Bertz CT molecular complexity index is 784. The van der Waals surface area contributed by atoms with Crippen molar-refractivity contribution in [1.29, 1.82) is 0 Å². The summed E-state index contributed by atoms with van der Waals surface area (Å²) in [6.07, 6.45) is 3.39. The highest BCUT2D eigenvalue weighted by Crippen LogP contribution is 2.26. The fourth-order valence-corrected chi connectivity index (χ4v) is 4.44. The van der Waals surface area contributed by atoms with Gasteiger partial charge in [0.15, 0.2) is 0 Å². The lowest BCUT2D eigenvalue weighted by molar-refractivity contribution is 0.305. The second-order valence-electron chi connectivity index (χ2n) is 6.00. The Morgan fingerprint density at radius 1 is 1.08 bits per heavy atom. The van der Waals surface area contributed by atoms with Crippen LogP contribution in [0.4, 0.5) is 10.1 Å². The maximum atomic E-state index is 13.1. The van der Waals surface area contributed by atoms with Gasteiger partial charge in [-0.05, 0) is 54.8 Å². The van der Waals surface area contributed by atoms with Crippen molar-refractivity contribution in [3.8, 4) is 5.75 Å². The second-order valence-corrected chi connectivity index (χ2v) is 7.96. The summed E-state index contributed by atoms with van der Waals surface area (Å²) in [5, 5.41) is -0.290. The fourth-order valence-electron chi connectivity index (χ4n) is 2.86. The molecule has 1 N–H and O–H groups in total. The molecule has 1 aliphatic carbocycles. The van der Waals surface area contributed by atoms with Crippen LogP contribution in [0, 0.1) is 5.82 Å². The van der Waals surface area contributed by atoms with Gasteiger partial charge < -0.3 is 4.74 Å². The summed E-state index contributed by atoms with van der Waals surface area (Å²) in [6, 6.07) is 13.0. The van der Waals surface area contributed by atoms with Crippen molar-refractivity contribution >= 4 is 15.7 Å². The average molecular weight is 349 g/mol. The van der Waals surface area contributed by atoms with E-state index < -0.39 is 10.0 Å². The lowest BCUT2D eigenvalue weighted by atomic mass is 10.2. The zero-order valence-corrected chi connectivity index (χ0v) is 14.1. The molecule has 6 heteroatoms. The van der Waals surface area contributed by atoms with Gasteiger partial charge in [0.2, 0.25) is 10.0 Å². The molecular formula is C18H20FNO3S. The van der Waals surface area contributed by atoms with Gasteiger partial charge in [-0.15, -0.1) is 0 Å². The molecule has 2 aromatic carbocycles. The summed E-state index contributed by atoms with van der Waals surface area (Å²) in [4.78, 5) is 0. The second kappa shape index (κ2) is 7.21. The number of anilines is 1. The van der Waals surface area contributed by atoms with Gasteiger partial charge in [-0.25, -0.2) is 12.8 Å². The third kappa shape index (κ3) is 4.26. The Hall–Kier alpha value is -2.08. The van der Waals surface area contributed by atoms with Gasteiger partial charge in [0, 0.05) is 5.69 Å². The van der Waals surface area contributed by atoms with Crippen LogP contribution in [0.25, 0.3) is 0 Å². The lowest BCUT2D eigenvalue weighted by Crippen LogP contribution is -2.25. The van der Waals surface area contributed by atoms with Crippen molar-refractivity contribution in [2.45, 2.75) is 37.5 Å². The largest absolute Gasteiger partial charge is 0.489 e. The molecule has 0 radical (unpaired) electrons. The molecular weight excluding hydrogens is 329 g/mol. The van der Waals surface area contributed by atoms with E-state index in [1.165, 1.54) is 12.1 Å². The summed E-state index contributed by atoms with van der Waals surface area (Å²) in [6.45, 7) is 0.255. The minimum Gasteiger partial charge on any atom is -0.489 e. The van der Waals surface area contributed by atoms with Crippen LogP contribution in [0.5, 0.6) is 5.75 Å². The maximum Gasteiger partial charge on any atom is 0.235 e. The molecule has 2 aromatic rings. The third-order valence-corrected chi connectivity index (χ3v) is 6.02. The van der Waals surface area contributed by atoms with E-state index in [1.807, 2.05) is 0 Å². The number of sulfonamides is 1. The number of hydrogen-bond donors (Lipinski definition) is 1. The number of hydrogen-bond acceptors (Lipinski definition) is 3. The standard InChI is InChI=1S/C18H20FNO3S/c19-15-5-3-4-14(12-15)13-23-17-10-8-16(9-11-17)20-24(21,22)18-6-1-2-7-18/h3-5,8-12,18,20H,1-2,6-7,13H2. The average Bonchev–Trinajstić information content (AvgIpc) is 3.09. The van der Waals surface area contributed by atoms with Gasteiger partial charge in [-0.2, -0.15) is 0 Å². The number of ether oxygens (including phenoxy) is 1. The summed E-state index contributed by atoms with van der Waals surface area (Å²) in [5.41, 5.74) is 1.26. The molecule has 0 aliphatic heterocycles. The smallest absolute Gasteiger partial charge is 0.235 e. The molecule has 4 nitrogen and oxygen atoms in total. The molecule has 128 valence electrons. The van der Waals surface area contributed by atoms with E-state index in [9.17, 15) is 12.8 Å². The molecule has 0 spiro atoms. The highest BCUT2D eigenvalue weighted by molar-refractivity contribution is 7.93. The quantitative estimate of drug-likeness (QED) is 0.855. The molecule has 0 unspecified atom stereocenters. The van der Waals surface area contributed by atoms with Gasteiger partial charge in [-0.3, -0.25) is 4.72 Å². The summed E-state index contributed by atoms with van der Waals surface area (Å²) < 4.78 is 45.8. The molecule has 0 saturated heterocycles.